The van der Waals surface area contributed by atoms with Crippen LogP contribution in [0.3, 0.4) is 0 Å². The van der Waals surface area contributed by atoms with Gasteiger partial charge in [0.15, 0.2) is 0 Å². The summed E-state index contributed by atoms with van der Waals surface area (Å²) < 4.78 is 36.3. The molecule has 1 rings (SSSR count). The third-order valence-electron chi connectivity index (χ3n) is 3.97. The van der Waals surface area contributed by atoms with Gasteiger partial charge in [-0.05, 0) is 32.6 Å². The number of nitrogens with zero attached hydrogens (tertiary/aromatic N) is 1. The molecule has 118 valence electrons. The first-order valence-electron chi connectivity index (χ1n) is 7.39. The van der Waals surface area contributed by atoms with Gasteiger partial charge in [0, 0.05) is 13.0 Å². The summed E-state index contributed by atoms with van der Waals surface area (Å²) in [5.41, 5.74) is -0.566. The topological polar surface area (TPSA) is 32.3 Å². The van der Waals surface area contributed by atoms with E-state index >= 15 is 0 Å². The molecule has 2 atom stereocenters. The van der Waals surface area contributed by atoms with Crippen molar-refractivity contribution in [2.75, 3.05) is 6.54 Å². The number of halogens is 3. The molecule has 0 radical (unpaired) electrons. The van der Waals surface area contributed by atoms with Crippen molar-refractivity contribution in [1.82, 2.24) is 10.2 Å². The molecule has 1 fully saturated rings. The van der Waals surface area contributed by atoms with E-state index in [1.807, 2.05) is 20.8 Å². The minimum atomic E-state index is -4.10. The molecule has 1 N–H and O–H groups in total. The van der Waals surface area contributed by atoms with Crippen LogP contribution in [0.4, 0.5) is 13.2 Å². The molecular weight excluding hydrogens is 269 g/mol. The molecular formula is C14H25F3N2O. The minimum absolute atomic E-state index is 0.0189. The first-order valence-corrected chi connectivity index (χ1v) is 7.39. The van der Waals surface area contributed by atoms with Crippen molar-refractivity contribution < 1.29 is 18.0 Å². The van der Waals surface area contributed by atoms with Crippen molar-refractivity contribution in [3.63, 3.8) is 0 Å². The Morgan fingerprint density at radius 2 is 1.95 bits per heavy atom. The number of unbranched alkanes of at least 4 members (excludes halogenated alkanes) is 1. The Labute approximate surface area is 118 Å². The summed E-state index contributed by atoms with van der Waals surface area (Å²) in [6, 6.07) is 0. The van der Waals surface area contributed by atoms with Gasteiger partial charge in [-0.3, -0.25) is 10.1 Å². The molecule has 3 nitrogen and oxygen atoms in total. The smallest absolute Gasteiger partial charge is 0.326 e. The summed E-state index contributed by atoms with van der Waals surface area (Å²) in [5.74, 6) is 0.0189. The van der Waals surface area contributed by atoms with Crippen LogP contribution in [0.5, 0.6) is 0 Å². The van der Waals surface area contributed by atoms with Crippen LogP contribution in [0.1, 0.15) is 59.3 Å². The molecule has 1 aliphatic heterocycles. The van der Waals surface area contributed by atoms with E-state index in [0.717, 1.165) is 12.8 Å². The van der Waals surface area contributed by atoms with Gasteiger partial charge in [-0.25, -0.2) is 0 Å². The highest BCUT2D eigenvalue weighted by Gasteiger charge is 2.45. The third-order valence-corrected chi connectivity index (χ3v) is 3.97. The van der Waals surface area contributed by atoms with Gasteiger partial charge in [0.25, 0.3) is 0 Å². The number of hydrogen-bond donors (Lipinski definition) is 1. The van der Waals surface area contributed by atoms with E-state index in [0.29, 0.717) is 19.4 Å². The Balaban J connectivity index is 2.54. The summed E-state index contributed by atoms with van der Waals surface area (Å²) in [7, 11) is 0. The minimum Gasteiger partial charge on any atom is -0.326 e. The normalized spacial score (nSPS) is 27.4. The molecule has 0 spiro atoms. The van der Waals surface area contributed by atoms with Gasteiger partial charge in [0.2, 0.25) is 5.91 Å². The Bertz CT molecular complexity index is 333. The number of carbonyl (C=O) groups excluding carboxylic acids is 1. The number of nitrogens with one attached hydrogen (secondary N) is 1. The standard InChI is InChI=1S/C14H25F3N2O/c1-4-8-11-18-13(3,5-2)12(20)19(11)10-7-6-9-14(15,16)17/h11,18H,4-10H2,1-3H3. The van der Waals surface area contributed by atoms with E-state index in [4.69, 9.17) is 0 Å². The van der Waals surface area contributed by atoms with Crippen LogP contribution >= 0.6 is 0 Å². The summed E-state index contributed by atoms with van der Waals surface area (Å²) in [6.07, 6.45) is -1.99. The largest absolute Gasteiger partial charge is 0.389 e. The van der Waals surface area contributed by atoms with E-state index in [1.54, 1.807) is 4.90 Å². The van der Waals surface area contributed by atoms with Crippen LogP contribution in [-0.2, 0) is 4.79 Å². The second-order valence-electron chi connectivity index (χ2n) is 5.71. The lowest BCUT2D eigenvalue weighted by Gasteiger charge is -2.24. The fourth-order valence-electron chi connectivity index (χ4n) is 2.59. The van der Waals surface area contributed by atoms with Crippen molar-refractivity contribution >= 4 is 5.91 Å². The molecule has 20 heavy (non-hydrogen) atoms. The fourth-order valence-corrected chi connectivity index (χ4v) is 2.59. The highest BCUT2D eigenvalue weighted by atomic mass is 19.4. The molecule has 1 aliphatic rings. The molecule has 0 bridgehead atoms. The molecule has 1 saturated heterocycles. The molecule has 1 amide bonds. The second-order valence-corrected chi connectivity index (χ2v) is 5.71. The molecule has 6 heteroatoms. The lowest BCUT2D eigenvalue weighted by atomic mass is 9.99. The summed E-state index contributed by atoms with van der Waals surface area (Å²) in [6.45, 7) is 6.26. The van der Waals surface area contributed by atoms with E-state index in [-0.39, 0.29) is 18.5 Å². The first-order chi connectivity index (χ1) is 9.23. The zero-order valence-electron chi connectivity index (χ0n) is 12.5. The molecule has 0 saturated carbocycles. The summed E-state index contributed by atoms with van der Waals surface area (Å²) in [5, 5.41) is 3.33. The van der Waals surface area contributed by atoms with Crippen LogP contribution in [0.25, 0.3) is 0 Å². The van der Waals surface area contributed by atoms with Gasteiger partial charge >= 0.3 is 6.18 Å². The van der Waals surface area contributed by atoms with Crippen molar-refractivity contribution in [3.05, 3.63) is 0 Å². The van der Waals surface area contributed by atoms with Gasteiger partial charge in [-0.1, -0.05) is 20.3 Å². The van der Waals surface area contributed by atoms with Gasteiger partial charge < -0.3 is 4.90 Å². The number of rotatable bonds is 7. The maximum absolute atomic E-state index is 12.4. The van der Waals surface area contributed by atoms with Crippen molar-refractivity contribution in [3.8, 4) is 0 Å². The SMILES string of the molecule is CCCC1NC(C)(CC)C(=O)N1CCCCC(F)(F)F. The third kappa shape index (κ3) is 4.36. The highest BCUT2D eigenvalue weighted by molar-refractivity contribution is 5.88. The van der Waals surface area contributed by atoms with E-state index in [2.05, 4.69) is 5.32 Å². The quantitative estimate of drug-likeness (QED) is 0.729. The van der Waals surface area contributed by atoms with Crippen LogP contribution < -0.4 is 5.32 Å². The maximum atomic E-state index is 12.4. The van der Waals surface area contributed by atoms with E-state index in [9.17, 15) is 18.0 Å². The lowest BCUT2D eigenvalue weighted by Crippen LogP contribution is -2.43. The zero-order chi connectivity index (χ0) is 15.4. The van der Waals surface area contributed by atoms with E-state index < -0.39 is 18.1 Å². The average molecular weight is 294 g/mol. The van der Waals surface area contributed by atoms with Crippen molar-refractivity contribution in [2.24, 2.45) is 0 Å². The summed E-state index contributed by atoms with van der Waals surface area (Å²) >= 11 is 0. The zero-order valence-corrected chi connectivity index (χ0v) is 12.5. The number of carbonyl (C=O) groups is 1. The van der Waals surface area contributed by atoms with Crippen LogP contribution in [0.2, 0.25) is 0 Å². The molecule has 0 aromatic rings. The van der Waals surface area contributed by atoms with Crippen LogP contribution in [0, 0.1) is 0 Å². The monoisotopic (exact) mass is 294 g/mol. The van der Waals surface area contributed by atoms with Gasteiger partial charge in [-0.2, -0.15) is 13.2 Å². The number of alkyl halides is 3. The lowest BCUT2D eigenvalue weighted by molar-refractivity contribution is -0.136. The van der Waals surface area contributed by atoms with E-state index in [1.165, 1.54) is 0 Å². The Morgan fingerprint density at radius 3 is 2.45 bits per heavy atom. The Morgan fingerprint density at radius 1 is 1.30 bits per heavy atom. The molecule has 0 aromatic carbocycles. The fraction of sp³-hybridized carbons (Fsp3) is 0.929. The van der Waals surface area contributed by atoms with Crippen LogP contribution in [0.15, 0.2) is 0 Å². The van der Waals surface area contributed by atoms with Crippen molar-refractivity contribution in [1.29, 1.82) is 0 Å². The Kier molecular flexibility index (Phi) is 5.86. The first kappa shape index (κ1) is 17.3. The molecule has 0 aliphatic carbocycles. The van der Waals surface area contributed by atoms with Gasteiger partial charge in [0.05, 0.1) is 11.7 Å². The maximum Gasteiger partial charge on any atom is 0.389 e. The highest BCUT2D eigenvalue weighted by Crippen LogP contribution is 2.27. The number of amides is 1. The Hall–Kier alpha value is -0.780. The van der Waals surface area contributed by atoms with Crippen LogP contribution in [-0.4, -0.2) is 35.2 Å². The molecule has 1 heterocycles. The second kappa shape index (κ2) is 6.78. The number of hydrogen-bond acceptors (Lipinski definition) is 2. The molecule has 2 unspecified atom stereocenters. The van der Waals surface area contributed by atoms with Gasteiger partial charge in [0.1, 0.15) is 0 Å². The predicted octanol–water partition coefficient (Wildman–Crippen LogP) is 3.45. The summed E-state index contributed by atoms with van der Waals surface area (Å²) in [4.78, 5) is 14.1. The predicted molar refractivity (Wildman–Crippen MR) is 72.1 cm³/mol. The van der Waals surface area contributed by atoms with Crippen molar-refractivity contribution in [2.45, 2.75) is 77.2 Å². The molecule has 0 aromatic heterocycles. The van der Waals surface area contributed by atoms with Gasteiger partial charge in [-0.15, -0.1) is 0 Å². The average Bonchev–Trinajstić information content (AvgIpc) is 2.58.